The third-order valence-electron chi connectivity index (χ3n) is 5.90. The van der Waals surface area contributed by atoms with Crippen LogP contribution in [0.25, 0.3) is 11.0 Å². The normalized spacial score (nSPS) is 16.5. The van der Waals surface area contributed by atoms with Gasteiger partial charge in [-0.25, -0.2) is 4.98 Å². The zero-order valence-corrected chi connectivity index (χ0v) is 18.4. The van der Waals surface area contributed by atoms with Gasteiger partial charge in [0, 0.05) is 12.2 Å². The fourth-order valence-electron chi connectivity index (χ4n) is 4.11. The number of para-hydroxylation sites is 2. The maximum atomic E-state index is 13.1. The SMILES string of the molecule is O=C(N[C@@H](Cc1ccccc1)c1nc2ccccc2[nH]1)c1ccc(OC[C@H]2CCCO2)cc1. The van der Waals surface area contributed by atoms with E-state index in [4.69, 9.17) is 14.5 Å². The number of imidazole rings is 1. The molecule has 4 aromatic rings. The Morgan fingerprint density at radius 2 is 1.85 bits per heavy atom. The fourth-order valence-corrected chi connectivity index (χ4v) is 4.11. The van der Waals surface area contributed by atoms with Crippen LogP contribution in [0, 0.1) is 0 Å². The summed E-state index contributed by atoms with van der Waals surface area (Å²) in [6.45, 7) is 1.35. The van der Waals surface area contributed by atoms with E-state index in [-0.39, 0.29) is 18.1 Å². The lowest BCUT2D eigenvalue weighted by molar-refractivity contribution is 0.0679. The highest BCUT2D eigenvalue weighted by Gasteiger charge is 2.20. The number of fused-ring (bicyclic) bond motifs is 1. The molecular weight excluding hydrogens is 414 g/mol. The monoisotopic (exact) mass is 441 g/mol. The molecule has 2 heterocycles. The first-order valence-electron chi connectivity index (χ1n) is 11.4. The van der Waals surface area contributed by atoms with Crippen LogP contribution in [0.5, 0.6) is 5.75 Å². The van der Waals surface area contributed by atoms with Crippen molar-refractivity contribution in [2.24, 2.45) is 0 Å². The lowest BCUT2D eigenvalue weighted by Gasteiger charge is -2.17. The van der Waals surface area contributed by atoms with Gasteiger partial charge < -0.3 is 19.8 Å². The van der Waals surface area contributed by atoms with E-state index in [9.17, 15) is 4.79 Å². The predicted octanol–water partition coefficient (Wildman–Crippen LogP) is 4.83. The molecule has 0 spiro atoms. The number of hydrogen-bond donors (Lipinski definition) is 2. The summed E-state index contributed by atoms with van der Waals surface area (Å²) in [5.41, 5.74) is 3.54. The Bertz CT molecular complexity index is 1170. The third kappa shape index (κ3) is 5.23. The Morgan fingerprint density at radius 3 is 2.61 bits per heavy atom. The van der Waals surface area contributed by atoms with Gasteiger partial charge in [-0.15, -0.1) is 0 Å². The van der Waals surface area contributed by atoms with Gasteiger partial charge in [-0.1, -0.05) is 42.5 Å². The van der Waals surface area contributed by atoms with Crippen molar-refractivity contribution >= 4 is 16.9 Å². The first-order valence-corrected chi connectivity index (χ1v) is 11.4. The summed E-state index contributed by atoms with van der Waals surface area (Å²) < 4.78 is 11.4. The number of H-pyrrole nitrogens is 1. The van der Waals surface area contributed by atoms with Crippen molar-refractivity contribution in [3.63, 3.8) is 0 Å². The van der Waals surface area contributed by atoms with Crippen molar-refractivity contribution in [2.75, 3.05) is 13.2 Å². The van der Waals surface area contributed by atoms with E-state index in [1.54, 1.807) is 12.1 Å². The van der Waals surface area contributed by atoms with Crippen molar-refractivity contribution < 1.29 is 14.3 Å². The summed E-state index contributed by atoms with van der Waals surface area (Å²) in [5.74, 6) is 1.33. The van der Waals surface area contributed by atoms with Crippen LogP contribution in [0.4, 0.5) is 0 Å². The second kappa shape index (κ2) is 9.88. The zero-order chi connectivity index (χ0) is 22.5. The van der Waals surface area contributed by atoms with E-state index >= 15 is 0 Å². The molecule has 168 valence electrons. The molecule has 0 saturated carbocycles. The van der Waals surface area contributed by atoms with Crippen LogP contribution < -0.4 is 10.1 Å². The molecule has 0 radical (unpaired) electrons. The molecule has 1 aliphatic heterocycles. The van der Waals surface area contributed by atoms with Crippen molar-refractivity contribution in [1.29, 1.82) is 0 Å². The van der Waals surface area contributed by atoms with Gasteiger partial charge in [0.15, 0.2) is 0 Å². The quantitative estimate of drug-likeness (QED) is 0.410. The summed E-state index contributed by atoms with van der Waals surface area (Å²) in [6.07, 6.45) is 2.92. The highest BCUT2D eigenvalue weighted by Crippen LogP contribution is 2.21. The number of amides is 1. The van der Waals surface area contributed by atoms with Crippen LogP contribution in [0.3, 0.4) is 0 Å². The van der Waals surface area contributed by atoms with Gasteiger partial charge in [0.2, 0.25) is 0 Å². The molecule has 2 atom stereocenters. The molecular formula is C27H27N3O3. The summed E-state index contributed by atoms with van der Waals surface area (Å²) in [4.78, 5) is 21.2. The molecule has 1 amide bonds. The van der Waals surface area contributed by atoms with E-state index in [0.29, 0.717) is 18.6 Å². The van der Waals surface area contributed by atoms with Gasteiger partial charge in [-0.05, 0) is 61.2 Å². The predicted molar refractivity (Wildman–Crippen MR) is 127 cm³/mol. The lowest BCUT2D eigenvalue weighted by Crippen LogP contribution is -2.30. The fraction of sp³-hybridized carbons (Fsp3) is 0.259. The van der Waals surface area contributed by atoms with Crippen LogP contribution in [-0.4, -0.2) is 35.2 Å². The van der Waals surface area contributed by atoms with E-state index < -0.39 is 0 Å². The summed E-state index contributed by atoms with van der Waals surface area (Å²) in [5, 5.41) is 3.16. The second-order valence-electron chi connectivity index (χ2n) is 8.33. The number of benzene rings is 3. The van der Waals surface area contributed by atoms with Crippen LogP contribution in [0.2, 0.25) is 0 Å². The second-order valence-corrected chi connectivity index (χ2v) is 8.33. The van der Waals surface area contributed by atoms with E-state index in [0.717, 1.165) is 47.6 Å². The van der Waals surface area contributed by atoms with Gasteiger partial charge in [-0.3, -0.25) is 4.79 Å². The van der Waals surface area contributed by atoms with Crippen molar-refractivity contribution in [1.82, 2.24) is 15.3 Å². The number of rotatable bonds is 8. The van der Waals surface area contributed by atoms with Gasteiger partial charge >= 0.3 is 0 Å². The van der Waals surface area contributed by atoms with Gasteiger partial charge in [0.05, 0.1) is 23.2 Å². The number of carbonyl (C=O) groups is 1. The van der Waals surface area contributed by atoms with Crippen LogP contribution in [-0.2, 0) is 11.2 Å². The van der Waals surface area contributed by atoms with Crippen molar-refractivity contribution in [3.8, 4) is 5.75 Å². The molecule has 3 aromatic carbocycles. The Balaban J connectivity index is 1.30. The number of ether oxygens (including phenoxy) is 2. The standard InChI is InChI=1S/C27H27N3O3/c31-27(20-12-14-21(15-13-20)33-18-22-9-6-16-32-22)30-25(17-19-7-2-1-3-8-19)26-28-23-10-4-5-11-24(23)29-26/h1-5,7-8,10-15,22,25H,6,9,16-18H2,(H,28,29)(H,30,31)/t22-,25+/m1/s1. The molecule has 0 bridgehead atoms. The molecule has 1 aliphatic rings. The summed E-state index contributed by atoms with van der Waals surface area (Å²) in [6, 6.07) is 24.9. The number of carbonyl (C=O) groups excluding carboxylic acids is 1. The van der Waals surface area contributed by atoms with Gasteiger partial charge in [0.1, 0.15) is 18.2 Å². The lowest BCUT2D eigenvalue weighted by atomic mass is 10.0. The molecule has 6 nitrogen and oxygen atoms in total. The summed E-state index contributed by atoms with van der Waals surface area (Å²) >= 11 is 0. The molecule has 0 unspecified atom stereocenters. The minimum Gasteiger partial charge on any atom is -0.491 e. The maximum Gasteiger partial charge on any atom is 0.251 e. The maximum absolute atomic E-state index is 13.1. The Labute approximate surface area is 193 Å². The summed E-state index contributed by atoms with van der Waals surface area (Å²) in [7, 11) is 0. The minimum absolute atomic E-state index is 0.151. The van der Waals surface area contributed by atoms with Crippen LogP contribution in [0.15, 0.2) is 78.9 Å². The molecule has 6 heteroatoms. The molecule has 2 N–H and O–H groups in total. The van der Waals surface area contributed by atoms with Gasteiger partial charge in [-0.2, -0.15) is 0 Å². The number of aromatic amines is 1. The number of nitrogens with zero attached hydrogens (tertiary/aromatic N) is 1. The molecule has 33 heavy (non-hydrogen) atoms. The highest BCUT2D eigenvalue weighted by molar-refractivity contribution is 5.94. The Kier molecular flexibility index (Phi) is 6.35. The third-order valence-corrected chi connectivity index (χ3v) is 5.90. The zero-order valence-electron chi connectivity index (χ0n) is 18.4. The van der Waals surface area contributed by atoms with E-state index in [1.807, 2.05) is 54.6 Å². The minimum atomic E-state index is -0.289. The largest absolute Gasteiger partial charge is 0.491 e. The molecule has 1 fully saturated rings. The molecule has 1 aromatic heterocycles. The Hall–Kier alpha value is -3.64. The first kappa shape index (κ1) is 21.2. The topological polar surface area (TPSA) is 76.2 Å². The number of nitrogens with one attached hydrogen (secondary N) is 2. The molecule has 1 saturated heterocycles. The van der Waals surface area contributed by atoms with Crippen molar-refractivity contribution in [2.45, 2.75) is 31.4 Å². The number of aromatic nitrogens is 2. The van der Waals surface area contributed by atoms with E-state index in [2.05, 4.69) is 22.4 Å². The smallest absolute Gasteiger partial charge is 0.251 e. The average molecular weight is 442 g/mol. The van der Waals surface area contributed by atoms with Crippen LogP contribution >= 0.6 is 0 Å². The molecule has 0 aliphatic carbocycles. The Morgan fingerprint density at radius 1 is 1.06 bits per heavy atom. The van der Waals surface area contributed by atoms with Gasteiger partial charge in [0.25, 0.3) is 5.91 Å². The van der Waals surface area contributed by atoms with Crippen LogP contribution in [0.1, 0.15) is 40.6 Å². The highest BCUT2D eigenvalue weighted by atomic mass is 16.5. The molecule has 5 rings (SSSR count). The van der Waals surface area contributed by atoms with E-state index in [1.165, 1.54) is 0 Å². The van der Waals surface area contributed by atoms with Crippen molar-refractivity contribution in [3.05, 3.63) is 95.8 Å². The first-order chi connectivity index (χ1) is 16.2. The number of hydrogen-bond acceptors (Lipinski definition) is 4. The average Bonchev–Trinajstić information content (AvgIpc) is 3.53.